The number of pyridine rings is 1. The van der Waals surface area contributed by atoms with Crippen molar-refractivity contribution >= 4 is 28.4 Å². The van der Waals surface area contributed by atoms with Gasteiger partial charge in [0.1, 0.15) is 17.0 Å². The molecule has 0 aromatic carbocycles. The number of nitrogens with one attached hydrogen (secondary N) is 2. The molecule has 0 radical (unpaired) electrons. The van der Waals surface area contributed by atoms with Crippen molar-refractivity contribution in [3.63, 3.8) is 0 Å². The number of anilines is 1. The molecule has 0 unspecified atom stereocenters. The monoisotopic (exact) mass is 447 g/mol. The molecule has 10 heteroatoms. The van der Waals surface area contributed by atoms with Crippen molar-refractivity contribution in [2.45, 2.75) is 37.5 Å². The minimum atomic E-state index is -0.611. The number of aromatic nitrogens is 5. The lowest BCUT2D eigenvalue weighted by Gasteiger charge is -2.29. The average molecular weight is 447 g/mol. The predicted octanol–water partition coefficient (Wildman–Crippen LogP) is 2.00. The van der Waals surface area contributed by atoms with E-state index in [1.54, 1.807) is 16.9 Å². The summed E-state index contributed by atoms with van der Waals surface area (Å²) in [6.07, 6.45) is 7.42. The highest BCUT2D eigenvalue weighted by molar-refractivity contribution is 6.01. The molecular weight excluding hydrogens is 422 g/mol. The first kappa shape index (κ1) is 20.1. The Kier molecular flexibility index (Phi) is 4.77. The maximum atomic E-state index is 12.8. The highest BCUT2D eigenvalue weighted by atomic mass is 16.5. The Bertz CT molecular complexity index is 1360. The Morgan fingerprint density at radius 2 is 2.15 bits per heavy atom. The average Bonchev–Trinajstić information content (AvgIpc) is 3.41. The van der Waals surface area contributed by atoms with Gasteiger partial charge < -0.3 is 25.0 Å². The van der Waals surface area contributed by atoms with Gasteiger partial charge in [-0.15, -0.1) is 0 Å². The van der Waals surface area contributed by atoms with Crippen molar-refractivity contribution in [2.75, 3.05) is 25.6 Å². The van der Waals surface area contributed by atoms with E-state index in [2.05, 4.69) is 20.7 Å². The number of ether oxygens (including phenoxy) is 1. The Labute approximate surface area is 189 Å². The molecule has 1 saturated carbocycles. The van der Waals surface area contributed by atoms with Gasteiger partial charge in [0.25, 0.3) is 5.91 Å². The van der Waals surface area contributed by atoms with Gasteiger partial charge in [-0.05, 0) is 31.4 Å². The third-order valence-electron chi connectivity index (χ3n) is 6.40. The molecule has 2 fully saturated rings. The van der Waals surface area contributed by atoms with Crippen LogP contribution in [0.1, 0.15) is 35.7 Å². The van der Waals surface area contributed by atoms with Crippen molar-refractivity contribution in [1.29, 1.82) is 0 Å². The highest BCUT2D eigenvalue weighted by Crippen LogP contribution is 2.35. The second kappa shape index (κ2) is 7.82. The molecule has 1 aliphatic carbocycles. The number of aliphatic hydroxyl groups excluding tert-OH is 1. The zero-order chi connectivity index (χ0) is 22.5. The number of carbonyl (C=O) groups is 1. The summed E-state index contributed by atoms with van der Waals surface area (Å²) in [6.45, 7) is 0.892. The van der Waals surface area contributed by atoms with Gasteiger partial charge in [-0.2, -0.15) is 9.61 Å². The standard InChI is InChI=1S/C23H25N7O3/c1-24-20-9-17(28-22-15(10-26-30(20)22)23(32)27-13-4-5-13)16-11-29(18-6-8-33-12-19(18)31)21-14(16)3-2-7-25-21/h2-3,7,9-11,13,18-19,24,31H,4-6,8,12H2,1H3,(H,27,32)/t18-,19-/m1/s1. The lowest BCUT2D eigenvalue weighted by Crippen LogP contribution is -2.34. The molecule has 0 spiro atoms. The molecule has 5 heterocycles. The van der Waals surface area contributed by atoms with Gasteiger partial charge >= 0.3 is 0 Å². The number of rotatable bonds is 5. The topological polar surface area (TPSA) is 119 Å². The first-order valence-electron chi connectivity index (χ1n) is 11.2. The Balaban J connectivity index is 1.51. The maximum Gasteiger partial charge on any atom is 0.256 e. The molecule has 2 atom stereocenters. The van der Waals surface area contributed by atoms with Crippen molar-refractivity contribution in [1.82, 2.24) is 29.5 Å². The number of hydrogen-bond donors (Lipinski definition) is 3. The highest BCUT2D eigenvalue weighted by Gasteiger charge is 2.29. The fraction of sp³-hybridized carbons (Fsp3) is 0.391. The fourth-order valence-corrected chi connectivity index (χ4v) is 4.51. The van der Waals surface area contributed by atoms with E-state index >= 15 is 0 Å². The lowest BCUT2D eigenvalue weighted by molar-refractivity contribution is -0.0375. The normalized spacial score (nSPS) is 20.9. The first-order chi connectivity index (χ1) is 16.1. The van der Waals surface area contributed by atoms with Crippen LogP contribution in [0.4, 0.5) is 5.82 Å². The third-order valence-corrected chi connectivity index (χ3v) is 6.40. The van der Waals surface area contributed by atoms with Gasteiger partial charge in [0, 0.05) is 49.1 Å². The van der Waals surface area contributed by atoms with Gasteiger partial charge in [-0.25, -0.2) is 9.97 Å². The Morgan fingerprint density at radius 3 is 2.94 bits per heavy atom. The second-order valence-electron chi connectivity index (χ2n) is 8.64. The number of fused-ring (bicyclic) bond motifs is 2. The predicted molar refractivity (Wildman–Crippen MR) is 122 cm³/mol. The third kappa shape index (κ3) is 3.42. The van der Waals surface area contributed by atoms with E-state index in [9.17, 15) is 9.90 Å². The van der Waals surface area contributed by atoms with Gasteiger partial charge in [0.15, 0.2) is 5.65 Å². The number of hydrogen-bond acceptors (Lipinski definition) is 7. The van der Waals surface area contributed by atoms with Crippen LogP contribution in [0.2, 0.25) is 0 Å². The van der Waals surface area contributed by atoms with E-state index in [1.807, 2.05) is 36.0 Å². The molecule has 4 aromatic heterocycles. The van der Waals surface area contributed by atoms with Crippen molar-refractivity contribution < 1.29 is 14.6 Å². The SMILES string of the molecule is CNc1cc(-c2cn([C@@H]3CCOC[C@H]3O)c3ncccc23)nc2c(C(=O)NC3CC3)cnn12. The molecule has 33 heavy (non-hydrogen) atoms. The van der Waals surface area contributed by atoms with E-state index in [4.69, 9.17) is 9.72 Å². The van der Waals surface area contributed by atoms with E-state index in [-0.39, 0.29) is 18.0 Å². The molecule has 6 rings (SSSR count). The lowest BCUT2D eigenvalue weighted by atomic mass is 10.1. The number of amides is 1. The first-order valence-corrected chi connectivity index (χ1v) is 11.2. The van der Waals surface area contributed by atoms with Gasteiger partial charge in [0.2, 0.25) is 0 Å². The summed E-state index contributed by atoms with van der Waals surface area (Å²) in [4.78, 5) is 22.3. The summed E-state index contributed by atoms with van der Waals surface area (Å²) in [7, 11) is 1.81. The molecule has 170 valence electrons. The van der Waals surface area contributed by atoms with Crippen molar-refractivity contribution in [2.24, 2.45) is 0 Å². The van der Waals surface area contributed by atoms with Crippen LogP contribution in [-0.2, 0) is 4.74 Å². The molecular formula is C23H25N7O3. The van der Waals surface area contributed by atoms with Crippen LogP contribution in [0.3, 0.4) is 0 Å². The molecule has 0 bridgehead atoms. The van der Waals surface area contributed by atoms with Gasteiger partial charge in [-0.3, -0.25) is 4.79 Å². The molecule has 4 aromatic rings. The Morgan fingerprint density at radius 1 is 1.27 bits per heavy atom. The van der Waals surface area contributed by atoms with Crippen molar-refractivity contribution in [3.8, 4) is 11.3 Å². The summed E-state index contributed by atoms with van der Waals surface area (Å²) in [6, 6.07) is 5.92. The van der Waals surface area contributed by atoms with Crippen LogP contribution < -0.4 is 10.6 Å². The fourth-order valence-electron chi connectivity index (χ4n) is 4.51. The summed E-state index contributed by atoms with van der Waals surface area (Å²) in [5.41, 5.74) is 3.30. The Hall–Kier alpha value is -3.50. The van der Waals surface area contributed by atoms with Gasteiger partial charge in [-0.1, -0.05) is 0 Å². The quantitative estimate of drug-likeness (QED) is 0.428. The van der Waals surface area contributed by atoms with Crippen molar-refractivity contribution in [3.05, 3.63) is 42.4 Å². The number of carbonyl (C=O) groups excluding carboxylic acids is 1. The molecule has 3 N–H and O–H groups in total. The summed E-state index contributed by atoms with van der Waals surface area (Å²) < 4.78 is 9.09. The minimum Gasteiger partial charge on any atom is -0.389 e. The molecule has 10 nitrogen and oxygen atoms in total. The summed E-state index contributed by atoms with van der Waals surface area (Å²) >= 11 is 0. The summed E-state index contributed by atoms with van der Waals surface area (Å²) in [5.74, 6) is 0.560. The van der Waals surface area contributed by atoms with Crippen LogP contribution in [0.15, 0.2) is 36.8 Å². The molecule has 1 amide bonds. The minimum absolute atomic E-state index is 0.132. The van der Waals surface area contributed by atoms with Crippen LogP contribution in [0, 0.1) is 0 Å². The van der Waals surface area contributed by atoms with E-state index in [0.717, 1.165) is 35.3 Å². The van der Waals surface area contributed by atoms with Crippen LogP contribution >= 0.6 is 0 Å². The van der Waals surface area contributed by atoms with Crippen LogP contribution in [0.25, 0.3) is 27.9 Å². The van der Waals surface area contributed by atoms with E-state index in [1.165, 1.54) is 0 Å². The maximum absolute atomic E-state index is 12.8. The number of nitrogens with zero attached hydrogens (tertiary/aromatic N) is 5. The van der Waals surface area contributed by atoms with E-state index in [0.29, 0.717) is 36.5 Å². The zero-order valence-electron chi connectivity index (χ0n) is 18.2. The van der Waals surface area contributed by atoms with Gasteiger partial charge in [0.05, 0.1) is 30.6 Å². The molecule has 2 aliphatic rings. The second-order valence-corrected chi connectivity index (χ2v) is 8.64. The summed E-state index contributed by atoms with van der Waals surface area (Å²) in [5, 5.41) is 22.1. The zero-order valence-corrected chi connectivity index (χ0v) is 18.2. The molecule has 1 saturated heterocycles. The smallest absolute Gasteiger partial charge is 0.256 e. The largest absolute Gasteiger partial charge is 0.389 e. The number of aliphatic hydroxyl groups is 1. The van der Waals surface area contributed by atoms with Crippen LogP contribution in [-0.4, -0.2) is 67.6 Å². The van der Waals surface area contributed by atoms with Crippen LogP contribution in [0.5, 0.6) is 0 Å². The molecule has 1 aliphatic heterocycles. The van der Waals surface area contributed by atoms with E-state index < -0.39 is 6.10 Å².